The highest BCUT2D eigenvalue weighted by Gasteiger charge is 2.18. The van der Waals surface area contributed by atoms with E-state index in [1.165, 1.54) is 0 Å². The normalized spacial score (nSPS) is 10.9. The van der Waals surface area contributed by atoms with Crippen molar-refractivity contribution in [1.82, 2.24) is 9.88 Å². The third-order valence-corrected chi connectivity index (χ3v) is 4.51. The molecular formula is C22H20N2O2. The van der Waals surface area contributed by atoms with Gasteiger partial charge in [0.15, 0.2) is 0 Å². The van der Waals surface area contributed by atoms with E-state index in [1.54, 1.807) is 6.26 Å². The molecular weight excluding hydrogens is 324 g/mol. The van der Waals surface area contributed by atoms with Gasteiger partial charge >= 0.3 is 0 Å². The van der Waals surface area contributed by atoms with Crippen LogP contribution in [0.3, 0.4) is 0 Å². The average molecular weight is 344 g/mol. The van der Waals surface area contributed by atoms with Gasteiger partial charge in [0, 0.05) is 23.6 Å². The zero-order valence-electron chi connectivity index (χ0n) is 14.4. The van der Waals surface area contributed by atoms with E-state index in [1.807, 2.05) is 77.8 Å². The first-order valence-corrected chi connectivity index (χ1v) is 8.68. The molecule has 2 aromatic heterocycles. The summed E-state index contributed by atoms with van der Waals surface area (Å²) in [6, 6.07) is 21.8. The van der Waals surface area contributed by atoms with Crippen LogP contribution in [0.15, 0.2) is 83.6 Å². The minimum atomic E-state index is 0.0787. The fourth-order valence-corrected chi connectivity index (χ4v) is 3.18. The number of hydrogen-bond donors (Lipinski definition) is 1. The van der Waals surface area contributed by atoms with Crippen LogP contribution in [0.4, 0.5) is 0 Å². The summed E-state index contributed by atoms with van der Waals surface area (Å²) in [5, 5.41) is 1.10. The molecule has 26 heavy (non-hydrogen) atoms. The molecule has 4 rings (SSSR count). The van der Waals surface area contributed by atoms with Crippen LogP contribution in [0, 0.1) is 0 Å². The molecule has 0 saturated carbocycles. The van der Waals surface area contributed by atoms with E-state index in [0.717, 1.165) is 27.8 Å². The van der Waals surface area contributed by atoms with Gasteiger partial charge in [0.2, 0.25) is 5.91 Å². The topological polar surface area (TPSA) is 49.2 Å². The lowest BCUT2D eigenvalue weighted by Crippen LogP contribution is -2.31. The zero-order chi connectivity index (χ0) is 17.8. The number of rotatable bonds is 6. The Balaban J connectivity index is 1.56. The van der Waals surface area contributed by atoms with Crippen LogP contribution in [-0.2, 0) is 24.3 Å². The van der Waals surface area contributed by atoms with Gasteiger partial charge in [-0.3, -0.25) is 4.79 Å². The monoisotopic (exact) mass is 344 g/mol. The standard InChI is InChI=1S/C22H20N2O2/c25-22(13-18-14-23-21-11-5-4-10-20(18)21)24(16-19-9-6-12-26-19)15-17-7-2-1-3-8-17/h1-12,14,23H,13,15-16H2. The first-order valence-electron chi connectivity index (χ1n) is 8.68. The van der Waals surface area contributed by atoms with E-state index in [-0.39, 0.29) is 5.91 Å². The van der Waals surface area contributed by atoms with Crippen molar-refractivity contribution >= 4 is 16.8 Å². The Morgan fingerprint density at radius 2 is 1.73 bits per heavy atom. The number of furan rings is 1. The van der Waals surface area contributed by atoms with Crippen LogP contribution in [0.1, 0.15) is 16.9 Å². The summed E-state index contributed by atoms with van der Waals surface area (Å²) in [6.45, 7) is 1.02. The Bertz CT molecular complexity index is 987. The van der Waals surface area contributed by atoms with Crippen molar-refractivity contribution < 1.29 is 9.21 Å². The van der Waals surface area contributed by atoms with Crippen LogP contribution >= 0.6 is 0 Å². The summed E-state index contributed by atoms with van der Waals surface area (Å²) in [4.78, 5) is 18.1. The molecule has 0 saturated heterocycles. The molecule has 130 valence electrons. The maximum absolute atomic E-state index is 13.1. The number of para-hydroxylation sites is 1. The Hall–Kier alpha value is -3.27. The second-order valence-corrected chi connectivity index (χ2v) is 6.35. The number of nitrogens with zero attached hydrogens (tertiary/aromatic N) is 1. The molecule has 1 N–H and O–H groups in total. The van der Waals surface area contributed by atoms with Gasteiger partial charge in [-0.15, -0.1) is 0 Å². The first-order chi connectivity index (χ1) is 12.8. The van der Waals surface area contributed by atoms with Gasteiger partial charge in [0.25, 0.3) is 0 Å². The van der Waals surface area contributed by atoms with Crippen molar-refractivity contribution in [3.63, 3.8) is 0 Å². The van der Waals surface area contributed by atoms with Crippen LogP contribution in [0.2, 0.25) is 0 Å². The molecule has 4 nitrogen and oxygen atoms in total. The largest absolute Gasteiger partial charge is 0.467 e. The van der Waals surface area contributed by atoms with Crippen molar-refractivity contribution in [1.29, 1.82) is 0 Å². The number of carbonyl (C=O) groups excluding carboxylic acids is 1. The Morgan fingerprint density at radius 3 is 2.54 bits per heavy atom. The fraction of sp³-hybridized carbons (Fsp3) is 0.136. The van der Waals surface area contributed by atoms with Crippen molar-refractivity contribution in [2.45, 2.75) is 19.5 Å². The molecule has 2 aromatic carbocycles. The molecule has 2 heterocycles. The number of aromatic nitrogens is 1. The molecule has 0 bridgehead atoms. The third kappa shape index (κ3) is 3.54. The highest BCUT2D eigenvalue weighted by Crippen LogP contribution is 2.20. The van der Waals surface area contributed by atoms with E-state index in [2.05, 4.69) is 4.98 Å². The van der Waals surface area contributed by atoms with Gasteiger partial charge in [-0.1, -0.05) is 48.5 Å². The van der Waals surface area contributed by atoms with Gasteiger partial charge in [-0.25, -0.2) is 0 Å². The van der Waals surface area contributed by atoms with Crippen LogP contribution in [-0.4, -0.2) is 15.8 Å². The maximum atomic E-state index is 13.1. The van der Waals surface area contributed by atoms with Crippen LogP contribution in [0.5, 0.6) is 0 Å². The lowest BCUT2D eigenvalue weighted by molar-refractivity contribution is -0.132. The summed E-state index contributed by atoms with van der Waals surface area (Å²) >= 11 is 0. The fourth-order valence-electron chi connectivity index (χ4n) is 3.18. The second kappa shape index (κ2) is 7.31. The highest BCUT2D eigenvalue weighted by atomic mass is 16.3. The van der Waals surface area contributed by atoms with E-state index in [4.69, 9.17) is 4.42 Å². The molecule has 0 spiro atoms. The third-order valence-electron chi connectivity index (χ3n) is 4.51. The minimum absolute atomic E-state index is 0.0787. The SMILES string of the molecule is O=C(Cc1c[nH]c2ccccc12)N(Cc1ccccc1)Cc1ccco1. The lowest BCUT2D eigenvalue weighted by atomic mass is 10.1. The number of benzene rings is 2. The van der Waals surface area contributed by atoms with Gasteiger partial charge in [-0.05, 0) is 29.3 Å². The first kappa shape index (κ1) is 16.2. The van der Waals surface area contributed by atoms with Gasteiger partial charge in [-0.2, -0.15) is 0 Å². The summed E-state index contributed by atoms with van der Waals surface area (Å²) in [5.41, 5.74) is 3.17. The summed E-state index contributed by atoms with van der Waals surface area (Å²) in [5.74, 6) is 0.864. The van der Waals surface area contributed by atoms with E-state index < -0.39 is 0 Å². The number of carbonyl (C=O) groups is 1. The van der Waals surface area contributed by atoms with Gasteiger partial charge < -0.3 is 14.3 Å². The number of hydrogen-bond acceptors (Lipinski definition) is 2. The number of H-pyrrole nitrogens is 1. The van der Waals surface area contributed by atoms with Crippen molar-refractivity contribution in [3.05, 3.63) is 96.1 Å². The maximum Gasteiger partial charge on any atom is 0.227 e. The Kier molecular flexibility index (Phi) is 4.56. The summed E-state index contributed by atoms with van der Waals surface area (Å²) < 4.78 is 5.46. The molecule has 1 amide bonds. The zero-order valence-corrected chi connectivity index (χ0v) is 14.4. The molecule has 0 atom stereocenters. The lowest BCUT2D eigenvalue weighted by Gasteiger charge is -2.22. The van der Waals surface area contributed by atoms with E-state index >= 15 is 0 Å². The van der Waals surface area contributed by atoms with E-state index in [9.17, 15) is 4.79 Å². The Labute approximate surface area is 152 Å². The second-order valence-electron chi connectivity index (χ2n) is 6.35. The number of aromatic amines is 1. The molecule has 0 aliphatic rings. The molecule has 0 radical (unpaired) electrons. The molecule has 4 aromatic rings. The average Bonchev–Trinajstić information content (AvgIpc) is 3.32. The van der Waals surface area contributed by atoms with Gasteiger partial charge in [0.05, 0.1) is 19.2 Å². The van der Waals surface area contributed by atoms with Crippen LogP contribution < -0.4 is 0 Å². The number of nitrogens with one attached hydrogen (secondary N) is 1. The quantitative estimate of drug-likeness (QED) is 0.558. The predicted octanol–water partition coefficient (Wildman–Crippen LogP) is 4.53. The molecule has 0 unspecified atom stereocenters. The summed E-state index contributed by atoms with van der Waals surface area (Å²) in [7, 11) is 0. The summed E-state index contributed by atoms with van der Waals surface area (Å²) in [6.07, 6.45) is 3.92. The van der Waals surface area contributed by atoms with Crippen molar-refractivity contribution in [3.8, 4) is 0 Å². The number of amides is 1. The highest BCUT2D eigenvalue weighted by molar-refractivity contribution is 5.88. The Morgan fingerprint density at radius 1 is 0.923 bits per heavy atom. The van der Waals surface area contributed by atoms with Gasteiger partial charge in [0.1, 0.15) is 5.76 Å². The minimum Gasteiger partial charge on any atom is -0.467 e. The van der Waals surface area contributed by atoms with Crippen LogP contribution in [0.25, 0.3) is 10.9 Å². The molecule has 0 aliphatic carbocycles. The number of fused-ring (bicyclic) bond motifs is 1. The van der Waals surface area contributed by atoms with Crippen molar-refractivity contribution in [2.75, 3.05) is 0 Å². The smallest absolute Gasteiger partial charge is 0.227 e. The van der Waals surface area contributed by atoms with E-state index in [0.29, 0.717) is 19.5 Å². The predicted molar refractivity (Wildman–Crippen MR) is 101 cm³/mol. The molecule has 0 aliphatic heterocycles. The van der Waals surface area contributed by atoms with Crippen molar-refractivity contribution in [2.24, 2.45) is 0 Å². The molecule has 4 heteroatoms. The molecule has 0 fully saturated rings.